The number of carbonyl (C=O) groups is 2. The maximum Gasteiger partial charge on any atom is 0.338 e. The molecule has 0 spiro atoms. The largest absolute Gasteiger partial charge is 0.462 e. The molecule has 5 nitrogen and oxygen atoms in total. The monoisotopic (exact) mass is 313 g/mol. The summed E-state index contributed by atoms with van der Waals surface area (Å²) in [5.74, 6) is -0.205. The number of hydrogen-bond acceptors (Lipinski definition) is 5. The van der Waals surface area contributed by atoms with Crippen molar-refractivity contribution in [2.24, 2.45) is 0 Å². The van der Waals surface area contributed by atoms with Crippen LogP contribution >= 0.6 is 0 Å². The molecule has 0 bridgehead atoms. The molecule has 0 aliphatic carbocycles. The van der Waals surface area contributed by atoms with Crippen molar-refractivity contribution in [3.8, 4) is 5.75 Å². The molecule has 0 atom stereocenters. The summed E-state index contributed by atoms with van der Waals surface area (Å²) in [7, 11) is 0. The molecular weight excluding hydrogens is 294 g/mol. The number of para-hydroxylation sites is 2. The molecule has 2 rings (SSSR count). The second-order valence-electron chi connectivity index (χ2n) is 4.87. The first-order valence-corrected chi connectivity index (χ1v) is 7.40. The van der Waals surface area contributed by atoms with E-state index in [1.165, 1.54) is 6.92 Å². The van der Waals surface area contributed by atoms with Gasteiger partial charge in [-0.15, -0.1) is 0 Å². The van der Waals surface area contributed by atoms with Gasteiger partial charge < -0.3 is 14.8 Å². The number of hydrogen-bond donors (Lipinski definition) is 1. The van der Waals surface area contributed by atoms with Gasteiger partial charge in [-0.2, -0.15) is 0 Å². The van der Waals surface area contributed by atoms with Crippen LogP contribution in [-0.2, 0) is 9.53 Å². The van der Waals surface area contributed by atoms with Crippen molar-refractivity contribution in [1.29, 1.82) is 0 Å². The minimum absolute atomic E-state index is 0.316. The number of rotatable bonds is 7. The molecule has 0 heterocycles. The highest BCUT2D eigenvalue weighted by molar-refractivity contribution is 5.89. The third-order valence-corrected chi connectivity index (χ3v) is 3.02. The van der Waals surface area contributed by atoms with E-state index in [0.717, 1.165) is 5.69 Å². The van der Waals surface area contributed by atoms with Gasteiger partial charge in [0.15, 0.2) is 5.75 Å². The Balaban J connectivity index is 1.74. The summed E-state index contributed by atoms with van der Waals surface area (Å²) in [6.07, 6.45) is 0.646. The van der Waals surface area contributed by atoms with Crippen LogP contribution in [0, 0.1) is 0 Å². The zero-order valence-electron chi connectivity index (χ0n) is 13.0. The number of nitrogens with one attached hydrogen (secondary N) is 1. The molecule has 0 amide bonds. The van der Waals surface area contributed by atoms with Crippen LogP contribution in [0.3, 0.4) is 0 Å². The second-order valence-corrected chi connectivity index (χ2v) is 4.87. The lowest BCUT2D eigenvalue weighted by molar-refractivity contribution is -0.131. The number of esters is 2. The number of benzene rings is 2. The second kappa shape index (κ2) is 8.58. The molecule has 0 fully saturated rings. The molecule has 0 aromatic heterocycles. The minimum Gasteiger partial charge on any atom is -0.462 e. The van der Waals surface area contributed by atoms with Crippen LogP contribution in [0.15, 0.2) is 54.6 Å². The lowest BCUT2D eigenvalue weighted by atomic mass is 10.2. The Bertz CT molecular complexity index is 655. The van der Waals surface area contributed by atoms with E-state index in [2.05, 4.69) is 5.32 Å². The summed E-state index contributed by atoms with van der Waals surface area (Å²) >= 11 is 0. The van der Waals surface area contributed by atoms with Crippen molar-refractivity contribution in [3.05, 3.63) is 60.2 Å². The summed E-state index contributed by atoms with van der Waals surface area (Å²) in [6, 6.07) is 16.1. The van der Waals surface area contributed by atoms with Gasteiger partial charge in [-0.3, -0.25) is 4.79 Å². The first-order valence-electron chi connectivity index (χ1n) is 7.40. The molecule has 0 radical (unpaired) electrons. The maximum absolute atomic E-state index is 11.8. The van der Waals surface area contributed by atoms with Gasteiger partial charge in [0.25, 0.3) is 0 Å². The summed E-state index contributed by atoms with van der Waals surface area (Å²) in [5.41, 5.74) is 1.28. The number of carbonyl (C=O) groups excluding carboxylic acids is 2. The molecule has 0 aliphatic heterocycles. The molecule has 0 saturated heterocycles. The molecule has 1 N–H and O–H groups in total. The highest BCUT2D eigenvalue weighted by atomic mass is 16.5. The first-order chi connectivity index (χ1) is 11.2. The van der Waals surface area contributed by atoms with E-state index in [0.29, 0.717) is 30.9 Å². The molecule has 5 heteroatoms. The van der Waals surface area contributed by atoms with E-state index >= 15 is 0 Å². The van der Waals surface area contributed by atoms with E-state index in [-0.39, 0.29) is 11.9 Å². The normalized spacial score (nSPS) is 9.96. The highest BCUT2D eigenvalue weighted by Crippen LogP contribution is 2.23. The van der Waals surface area contributed by atoms with E-state index in [4.69, 9.17) is 9.47 Å². The van der Waals surface area contributed by atoms with Crippen molar-refractivity contribution in [2.45, 2.75) is 13.3 Å². The summed E-state index contributed by atoms with van der Waals surface area (Å²) in [6.45, 7) is 2.27. The number of anilines is 1. The van der Waals surface area contributed by atoms with Gasteiger partial charge in [-0.05, 0) is 30.7 Å². The first kappa shape index (κ1) is 16.5. The predicted octanol–water partition coefficient (Wildman–Crippen LogP) is 3.27. The van der Waals surface area contributed by atoms with E-state index in [1.54, 1.807) is 36.4 Å². The Labute approximate surface area is 135 Å². The average molecular weight is 313 g/mol. The average Bonchev–Trinajstić information content (AvgIpc) is 2.56. The van der Waals surface area contributed by atoms with Gasteiger partial charge in [-0.1, -0.05) is 30.3 Å². The van der Waals surface area contributed by atoms with Crippen LogP contribution in [0.4, 0.5) is 5.69 Å². The molecule has 2 aromatic rings. The third kappa shape index (κ3) is 5.47. The van der Waals surface area contributed by atoms with Gasteiger partial charge in [0, 0.05) is 13.5 Å². The highest BCUT2D eigenvalue weighted by Gasteiger charge is 2.06. The Morgan fingerprint density at radius 1 is 1.00 bits per heavy atom. The number of ether oxygens (including phenoxy) is 2. The topological polar surface area (TPSA) is 64.6 Å². The van der Waals surface area contributed by atoms with Gasteiger partial charge in [0.1, 0.15) is 0 Å². The fourth-order valence-electron chi connectivity index (χ4n) is 1.97. The van der Waals surface area contributed by atoms with Crippen molar-refractivity contribution in [1.82, 2.24) is 0 Å². The molecular formula is C18H19NO4. The van der Waals surface area contributed by atoms with Crippen LogP contribution < -0.4 is 10.1 Å². The van der Waals surface area contributed by atoms with E-state index < -0.39 is 0 Å². The minimum atomic E-state index is -0.365. The summed E-state index contributed by atoms with van der Waals surface area (Å²) in [5, 5.41) is 3.16. The zero-order chi connectivity index (χ0) is 16.5. The summed E-state index contributed by atoms with van der Waals surface area (Å²) in [4.78, 5) is 22.8. The Morgan fingerprint density at radius 3 is 2.43 bits per heavy atom. The fraction of sp³-hybridized carbons (Fsp3) is 0.222. The van der Waals surface area contributed by atoms with Crippen LogP contribution in [0.5, 0.6) is 5.75 Å². The quantitative estimate of drug-likeness (QED) is 0.483. The summed E-state index contributed by atoms with van der Waals surface area (Å²) < 4.78 is 10.3. The Hall–Kier alpha value is -2.82. The van der Waals surface area contributed by atoms with Crippen LogP contribution in [0.1, 0.15) is 23.7 Å². The standard InChI is InChI=1S/C18H19NO4/c1-14(20)23-17-11-6-5-10-16(17)19-12-7-13-22-18(21)15-8-3-2-4-9-15/h2-6,8-11,19H,7,12-13H2,1H3. The van der Waals surface area contributed by atoms with Gasteiger partial charge >= 0.3 is 11.9 Å². The molecule has 120 valence electrons. The Kier molecular flexibility index (Phi) is 6.17. The predicted molar refractivity (Wildman–Crippen MR) is 87.6 cm³/mol. The smallest absolute Gasteiger partial charge is 0.338 e. The van der Waals surface area contributed by atoms with Gasteiger partial charge in [0.05, 0.1) is 17.9 Å². The zero-order valence-corrected chi connectivity index (χ0v) is 13.0. The van der Waals surface area contributed by atoms with Crippen LogP contribution in [0.25, 0.3) is 0 Å². The Morgan fingerprint density at radius 2 is 1.70 bits per heavy atom. The molecule has 0 saturated carbocycles. The van der Waals surface area contributed by atoms with Crippen LogP contribution in [0.2, 0.25) is 0 Å². The van der Waals surface area contributed by atoms with E-state index in [9.17, 15) is 9.59 Å². The maximum atomic E-state index is 11.8. The van der Waals surface area contributed by atoms with Crippen molar-refractivity contribution in [3.63, 3.8) is 0 Å². The van der Waals surface area contributed by atoms with Crippen molar-refractivity contribution < 1.29 is 19.1 Å². The SMILES string of the molecule is CC(=O)Oc1ccccc1NCCCOC(=O)c1ccccc1. The van der Waals surface area contributed by atoms with E-state index in [1.807, 2.05) is 18.2 Å². The molecule has 0 aliphatic rings. The lowest BCUT2D eigenvalue weighted by Crippen LogP contribution is -2.11. The molecule has 2 aromatic carbocycles. The van der Waals surface area contributed by atoms with Gasteiger partial charge in [-0.25, -0.2) is 4.79 Å². The molecule has 0 unspecified atom stereocenters. The van der Waals surface area contributed by atoms with Crippen molar-refractivity contribution >= 4 is 17.6 Å². The fourth-order valence-corrected chi connectivity index (χ4v) is 1.97. The molecule has 23 heavy (non-hydrogen) atoms. The third-order valence-electron chi connectivity index (χ3n) is 3.02. The van der Waals surface area contributed by atoms with Crippen molar-refractivity contribution in [2.75, 3.05) is 18.5 Å². The van der Waals surface area contributed by atoms with Gasteiger partial charge in [0.2, 0.25) is 0 Å². The van der Waals surface area contributed by atoms with Crippen LogP contribution in [-0.4, -0.2) is 25.1 Å². The lowest BCUT2D eigenvalue weighted by Gasteiger charge is -2.11.